The summed E-state index contributed by atoms with van der Waals surface area (Å²) in [7, 11) is 2.06. The van der Waals surface area contributed by atoms with Crippen LogP contribution in [0, 0.1) is 0 Å². The van der Waals surface area contributed by atoms with Gasteiger partial charge in [0.05, 0.1) is 10.7 Å². The van der Waals surface area contributed by atoms with Crippen LogP contribution in [-0.2, 0) is 6.54 Å². The lowest BCUT2D eigenvalue weighted by Crippen LogP contribution is -2.18. The van der Waals surface area contributed by atoms with Gasteiger partial charge in [-0.3, -0.25) is 0 Å². The Morgan fingerprint density at radius 3 is 2.75 bits per heavy atom. The molecule has 1 heterocycles. The minimum atomic E-state index is 0.738. The molecule has 90 valence electrons. The second kappa shape index (κ2) is 6.71. The SMILES string of the molecule is CCCNc1ccc(Cl)c(CN(C)CC)n1. The lowest BCUT2D eigenvalue weighted by atomic mass is 10.3. The molecule has 0 aliphatic carbocycles. The van der Waals surface area contributed by atoms with Crippen molar-refractivity contribution in [2.24, 2.45) is 0 Å². The van der Waals surface area contributed by atoms with Gasteiger partial charge in [0, 0.05) is 13.1 Å². The molecule has 0 unspecified atom stereocenters. The van der Waals surface area contributed by atoms with E-state index in [2.05, 4.69) is 36.1 Å². The minimum Gasteiger partial charge on any atom is -0.370 e. The number of hydrogen-bond donors (Lipinski definition) is 1. The average molecular weight is 242 g/mol. The first-order valence-electron chi connectivity index (χ1n) is 5.75. The molecule has 0 saturated carbocycles. The Hall–Kier alpha value is -0.800. The Labute approximate surface area is 103 Å². The third-order valence-corrected chi connectivity index (χ3v) is 2.78. The molecule has 0 saturated heterocycles. The number of pyridine rings is 1. The summed E-state index contributed by atoms with van der Waals surface area (Å²) in [5.41, 5.74) is 0.937. The molecule has 0 spiro atoms. The fourth-order valence-electron chi connectivity index (χ4n) is 1.31. The maximum absolute atomic E-state index is 6.11. The molecule has 0 radical (unpaired) electrons. The standard InChI is InChI=1S/C12H20ClN3/c1-4-8-14-12-7-6-10(13)11(15-12)9-16(3)5-2/h6-7H,4-5,8-9H2,1-3H3,(H,14,15). The number of nitrogens with zero attached hydrogens (tertiary/aromatic N) is 2. The molecule has 16 heavy (non-hydrogen) atoms. The Kier molecular flexibility index (Phi) is 5.56. The highest BCUT2D eigenvalue weighted by Gasteiger charge is 2.06. The van der Waals surface area contributed by atoms with E-state index in [4.69, 9.17) is 11.6 Å². The fourth-order valence-corrected chi connectivity index (χ4v) is 1.48. The molecule has 1 aromatic heterocycles. The Morgan fingerprint density at radius 1 is 1.38 bits per heavy atom. The van der Waals surface area contributed by atoms with Gasteiger partial charge in [0.1, 0.15) is 5.82 Å². The van der Waals surface area contributed by atoms with Gasteiger partial charge in [-0.2, -0.15) is 0 Å². The van der Waals surface area contributed by atoms with Crippen LogP contribution in [0.3, 0.4) is 0 Å². The highest BCUT2D eigenvalue weighted by atomic mass is 35.5. The summed E-state index contributed by atoms with van der Waals surface area (Å²) in [6.45, 7) is 6.97. The van der Waals surface area contributed by atoms with Gasteiger partial charge >= 0.3 is 0 Å². The van der Waals surface area contributed by atoms with Gasteiger partial charge in [-0.15, -0.1) is 0 Å². The molecular weight excluding hydrogens is 222 g/mol. The van der Waals surface area contributed by atoms with Crippen LogP contribution in [0.5, 0.6) is 0 Å². The van der Waals surface area contributed by atoms with Crippen molar-refractivity contribution in [2.75, 3.05) is 25.5 Å². The molecule has 4 heteroatoms. The van der Waals surface area contributed by atoms with E-state index in [1.165, 1.54) is 0 Å². The zero-order chi connectivity index (χ0) is 12.0. The van der Waals surface area contributed by atoms with Gasteiger partial charge in [0.15, 0.2) is 0 Å². The number of hydrogen-bond acceptors (Lipinski definition) is 3. The topological polar surface area (TPSA) is 28.2 Å². The van der Waals surface area contributed by atoms with Gasteiger partial charge in [-0.05, 0) is 32.1 Å². The quantitative estimate of drug-likeness (QED) is 0.830. The van der Waals surface area contributed by atoms with Crippen molar-refractivity contribution >= 4 is 17.4 Å². The molecule has 0 bridgehead atoms. The van der Waals surface area contributed by atoms with Crippen molar-refractivity contribution in [2.45, 2.75) is 26.8 Å². The molecule has 0 atom stereocenters. The first-order chi connectivity index (χ1) is 7.67. The highest BCUT2D eigenvalue weighted by molar-refractivity contribution is 6.31. The summed E-state index contributed by atoms with van der Waals surface area (Å²) >= 11 is 6.11. The molecule has 0 aromatic carbocycles. The van der Waals surface area contributed by atoms with E-state index in [9.17, 15) is 0 Å². The number of nitrogens with one attached hydrogen (secondary N) is 1. The van der Waals surface area contributed by atoms with Crippen LogP contribution >= 0.6 is 11.6 Å². The monoisotopic (exact) mass is 241 g/mol. The summed E-state index contributed by atoms with van der Waals surface area (Å²) < 4.78 is 0. The third-order valence-electron chi connectivity index (χ3n) is 2.43. The van der Waals surface area contributed by atoms with E-state index in [0.29, 0.717) is 0 Å². The Morgan fingerprint density at radius 2 is 2.12 bits per heavy atom. The summed E-state index contributed by atoms with van der Waals surface area (Å²) in [4.78, 5) is 6.69. The predicted octanol–water partition coefficient (Wildman–Crippen LogP) is 3.01. The van der Waals surface area contributed by atoms with Crippen molar-refractivity contribution in [1.29, 1.82) is 0 Å². The molecule has 1 N–H and O–H groups in total. The molecule has 0 aliphatic rings. The second-order valence-corrected chi connectivity index (χ2v) is 4.29. The zero-order valence-electron chi connectivity index (χ0n) is 10.3. The van der Waals surface area contributed by atoms with E-state index >= 15 is 0 Å². The van der Waals surface area contributed by atoms with Crippen molar-refractivity contribution in [1.82, 2.24) is 9.88 Å². The molecule has 0 amide bonds. The summed E-state index contributed by atoms with van der Waals surface area (Å²) in [5, 5.41) is 4.00. The molecule has 0 fully saturated rings. The minimum absolute atomic E-state index is 0.738. The maximum Gasteiger partial charge on any atom is 0.126 e. The van der Waals surface area contributed by atoms with Gasteiger partial charge in [-0.25, -0.2) is 4.98 Å². The van der Waals surface area contributed by atoms with Crippen LogP contribution in [0.25, 0.3) is 0 Å². The van der Waals surface area contributed by atoms with E-state index in [1.54, 1.807) is 0 Å². The number of halogens is 1. The van der Waals surface area contributed by atoms with Crippen LogP contribution in [0.1, 0.15) is 26.0 Å². The number of anilines is 1. The van der Waals surface area contributed by atoms with Gasteiger partial charge in [0.2, 0.25) is 0 Å². The second-order valence-electron chi connectivity index (χ2n) is 3.88. The average Bonchev–Trinajstić information content (AvgIpc) is 2.30. The highest BCUT2D eigenvalue weighted by Crippen LogP contribution is 2.17. The number of rotatable bonds is 6. The van der Waals surface area contributed by atoms with E-state index in [-0.39, 0.29) is 0 Å². The first kappa shape index (κ1) is 13.3. The molecule has 1 aromatic rings. The van der Waals surface area contributed by atoms with Crippen molar-refractivity contribution < 1.29 is 0 Å². The van der Waals surface area contributed by atoms with Crippen LogP contribution < -0.4 is 5.32 Å². The van der Waals surface area contributed by atoms with Gasteiger partial charge < -0.3 is 10.2 Å². The van der Waals surface area contributed by atoms with Crippen LogP contribution in [-0.4, -0.2) is 30.0 Å². The maximum atomic E-state index is 6.11. The van der Waals surface area contributed by atoms with Crippen LogP contribution in [0.2, 0.25) is 5.02 Å². The van der Waals surface area contributed by atoms with Crippen LogP contribution in [0.4, 0.5) is 5.82 Å². The van der Waals surface area contributed by atoms with E-state index in [1.807, 2.05) is 12.1 Å². The van der Waals surface area contributed by atoms with E-state index in [0.717, 1.165) is 42.6 Å². The summed E-state index contributed by atoms with van der Waals surface area (Å²) in [6.07, 6.45) is 1.09. The first-order valence-corrected chi connectivity index (χ1v) is 6.13. The predicted molar refractivity (Wildman–Crippen MR) is 70.0 cm³/mol. The Balaban J connectivity index is 2.73. The van der Waals surface area contributed by atoms with Crippen molar-refractivity contribution in [3.05, 3.63) is 22.8 Å². The summed E-state index contributed by atoms with van der Waals surface area (Å²) in [5.74, 6) is 0.908. The zero-order valence-corrected chi connectivity index (χ0v) is 11.0. The normalized spacial score (nSPS) is 10.8. The Bertz CT molecular complexity index is 328. The smallest absolute Gasteiger partial charge is 0.126 e. The lowest BCUT2D eigenvalue weighted by Gasteiger charge is -2.15. The van der Waals surface area contributed by atoms with Gasteiger partial charge in [0.25, 0.3) is 0 Å². The van der Waals surface area contributed by atoms with Crippen molar-refractivity contribution in [3.63, 3.8) is 0 Å². The molecule has 3 nitrogen and oxygen atoms in total. The van der Waals surface area contributed by atoms with Crippen LogP contribution in [0.15, 0.2) is 12.1 Å². The fraction of sp³-hybridized carbons (Fsp3) is 0.583. The third kappa shape index (κ3) is 3.99. The molecular formula is C12H20ClN3. The molecule has 0 aliphatic heterocycles. The number of aromatic nitrogens is 1. The van der Waals surface area contributed by atoms with Gasteiger partial charge in [-0.1, -0.05) is 25.4 Å². The summed E-state index contributed by atoms with van der Waals surface area (Å²) in [6, 6.07) is 3.83. The van der Waals surface area contributed by atoms with E-state index < -0.39 is 0 Å². The van der Waals surface area contributed by atoms with Crippen molar-refractivity contribution in [3.8, 4) is 0 Å². The molecule has 1 rings (SSSR count). The lowest BCUT2D eigenvalue weighted by molar-refractivity contribution is 0.341. The largest absolute Gasteiger partial charge is 0.370 e.